The molecule has 0 unspecified atom stereocenters. The summed E-state index contributed by atoms with van der Waals surface area (Å²) in [6, 6.07) is 30.4. The third-order valence-corrected chi connectivity index (χ3v) is 11.7. The fraction of sp³-hybridized carbons (Fsp3) is 0. The number of hydrogen-bond donors (Lipinski definition) is 4. The molecule has 0 amide bonds. The van der Waals surface area contributed by atoms with Gasteiger partial charge in [-0.2, -0.15) is 27.0 Å². The van der Waals surface area contributed by atoms with Gasteiger partial charge in [0.15, 0.2) is 11.6 Å². The van der Waals surface area contributed by atoms with Crippen LogP contribution < -0.4 is 10.9 Å². The minimum Gasteiger partial charge on any atom is -0.289 e. The van der Waals surface area contributed by atoms with Crippen LogP contribution in [0.5, 0.6) is 0 Å². The van der Waals surface area contributed by atoms with Crippen LogP contribution in [0.3, 0.4) is 0 Å². The Morgan fingerprint density at radius 1 is 0.538 bits per heavy atom. The molecule has 2 aromatic heterocycles. The van der Waals surface area contributed by atoms with Gasteiger partial charge in [-0.3, -0.25) is 49.1 Å². The second kappa shape index (κ2) is 18.9. The number of allylic oxidation sites excluding steroid dienone is 4. The molecule has 2 aliphatic carbocycles. The van der Waals surface area contributed by atoms with E-state index in [1.54, 1.807) is 84.9 Å². The number of hydrazone groups is 2. The quantitative estimate of drug-likeness (QED) is 0.0331. The molecule has 0 aliphatic heterocycles. The van der Waals surface area contributed by atoms with E-state index in [1.165, 1.54) is 61.0 Å². The van der Waals surface area contributed by atoms with Crippen LogP contribution in [0.15, 0.2) is 166 Å². The van der Waals surface area contributed by atoms with Crippen molar-refractivity contribution in [1.82, 2.24) is 9.97 Å². The topological polar surface area (TPSA) is 252 Å². The zero-order valence-corrected chi connectivity index (χ0v) is 37.4. The number of Topliss-reactive ketones (excluding diaryl/α,β-unsaturated/α-hetero) is 4. The number of ketones is 4. The van der Waals surface area contributed by atoms with Crippen LogP contribution in [0, 0.1) is 0 Å². The summed E-state index contributed by atoms with van der Waals surface area (Å²) in [6.45, 7) is 0. The molecule has 1 radical (unpaired) electrons. The Balaban J connectivity index is 0.00000630. The van der Waals surface area contributed by atoms with Crippen molar-refractivity contribution in [3.05, 3.63) is 191 Å². The number of nitrogens with one attached hydrogen (secondary N) is 2. The van der Waals surface area contributed by atoms with Gasteiger partial charge in [0.05, 0.1) is 11.4 Å². The van der Waals surface area contributed by atoms with Gasteiger partial charge in [-0.25, -0.2) is 0 Å². The number of benzene rings is 4. The van der Waals surface area contributed by atoms with Crippen molar-refractivity contribution in [1.29, 1.82) is 0 Å². The zero-order valence-electron chi connectivity index (χ0n) is 33.8. The van der Waals surface area contributed by atoms with Crippen molar-refractivity contribution in [3.8, 4) is 0 Å². The van der Waals surface area contributed by atoms with Crippen LogP contribution in [0.2, 0.25) is 0 Å². The van der Waals surface area contributed by atoms with Crippen molar-refractivity contribution >= 4 is 119 Å². The maximum atomic E-state index is 13.5. The summed E-state index contributed by atoms with van der Waals surface area (Å²) < 4.78 is 70.8. The van der Waals surface area contributed by atoms with Crippen molar-refractivity contribution in [2.45, 2.75) is 9.79 Å². The number of nitrogens with zero attached hydrogens (tertiary/aromatic N) is 4. The fourth-order valence-electron chi connectivity index (χ4n) is 6.80. The van der Waals surface area contributed by atoms with Gasteiger partial charge in [-0.05, 0) is 59.7 Å². The number of carbonyl (C=O) groups excluding carboxylic acids is 4. The summed E-state index contributed by atoms with van der Waals surface area (Å²) in [7, 11) is -9.88. The van der Waals surface area contributed by atoms with Crippen LogP contribution in [0.1, 0.15) is 63.9 Å². The maximum Gasteiger partial charge on any atom is 0.295 e. The normalized spacial score (nSPS) is 14.8. The first kappa shape index (κ1) is 45.9. The van der Waals surface area contributed by atoms with Gasteiger partial charge in [0.2, 0.25) is 11.6 Å². The molecule has 0 atom stereocenters. The van der Waals surface area contributed by atoms with Crippen LogP contribution in [0.25, 0.3) is 23.3 Å². The molecule has 2 aliphatic rings. The van der Waals surface area contributed by atoms with Crippen molar-refractivity contribution < 1.29 is 45.1 Å². The minimum atomic E-state index is -4.94. The molecule has 2 heterocycles. The predicted octanol–water partition coefficient (Wildman–Crippen LogP) is 6.62. The Morgan fingerprint density at radius 2 is 0.923 bits per heavy atom. The van der Waals surface area contributed by atoms with Crippen LogP contribution >= 0.6 is 0 Å². The van der Waals surface area contributed by atoms with Gasteiger partial charge in [0, 0.05) is 75.4 Å². The molecular weight excluding hydrogens is 884 g/mol. The van der Waals surface area contributed by atoms with Gasteiger partial charge in [-0.15, -0.1) is 0 Å². The van der Waals surface area contributed by atoms with Gasteiger partial charge in [-0.1, -0.05) is 97.1 Å². The first-order valence-electron chi connectivity index (χ1n) is 18.9. The molecule has 4 aromatic carbocycles. The second-order valence-electron chi connectivity index (χ2n) is 14.0. The van der Waals surface area contributed by atoms with Crippen LogP contribution in [-0.2, 0) is 20.2 Å². The predicted molar refractivity (Wildman–Crippen MR) is 244 cm³/mol. The molecule has 0 saturated heterocycles. The molecule has 317 valence electrons. The number of pyridine rings is 2. The Labute approximate surface area is 393 Å². The molecule has 4 N–H and O–H groups in total. The third-order valence-electron chi connectivity index (χ3n) is 9.85. The van der Waals surface area contributed by atoms with Crippen molar-refractivity contribution in [3.63, 3.8) is 0 Å². The van der Waals surface area contributed by atoms with E-state index in [9.17, 15) is 45.1 Å². The molecular formula is C46H30N6NaO10S2. The molecule has 19 heteroatoms. The Morgan fingerprint density at radius 3 is 1.29 bits per heavy atom. The fourth-order valence-corrected chi connectivity index (χ4v) is 8.22. The maximum absolute atomic E-state index is 13.5. The van der Waals surface area contributed by atoms with Crippen LogP contribution in [0.4, 0.5) is 11.4 Å². The van der Waals surface area contributed by atoms with Crippen molar-refractivity contribution in [2.24, 2.45) is 10.2 Å². The number of anilines is 2. The van der Waals surface area contributed by atoms with E-state index < -0.39 is 41.6 Å². The smallest absolute Gasteiger partial charge is 0.289 e. The second-order valence-corrected chi connectivity index (χ2v) is 16.8. The average molecular weight is 914 g/mol. The summed E-state index contributed by atoms with van der Waals surface area (Å²) in [5.74, 6) is -2.00. The average Bonchev–Trinajstić information content (AvgIpc) is 3.30. The number of fused-ring (bicyclic) bond motifs is 2. The largest absolute Gasteiger partial charge is 0.295 e. The van der Waals surface area contributed by atoms with E-state index in [0.717, 1.165) is 12.1 Å². The first-order valence-corrected chi connectivity index (χ1v) is 21.8. The van der Waals surface area contributed by atoms with Gasteiger partial charge in [0.1, 0.15) is 32.6 Å². The van der Waals surface area contributed by atoms with Crippen molar-refractivity contribution in [2.75, 3.05) is 10.9 Å². The van der Waals surface area contributed by atoms with E-state index in [1.807, 2.05) is 0 Å². The van der Waals surface area contributed by atoms with Gasteiger partial charge < -0.3 is 0 Å². The van der Waals surface area contributed by atoms with Gasteiger partial charge in [0.25, 0.3) is 20.2 Å². The summed E-state index contributed by atoms with van der Waals surface area (Å²) >= 11 is 0. The standard InChI is InChI=1S/C46H30N6O10S2.Na/c53-43(29-9-3-1-4-10-29)35-25-37(45(55)41-33(35)13-7-21-47-41)51-49-31-19-17-27(39(23-31)63(57,58)59)15-16-28-18-20-32(24-40(28)64(60,61)62)50-52-38-26-36(44(54)30-11-5-2-6-12-30)34-14-8-22-48-42(34)46(38)56;/h1-26,49-50H,(H,57,58,59)(H,60,61,62);/b16-15+,51-37?,52-38?;. The number of hydrogen-bond acceptors (Lipinski definition) is 14. The number of carbonyl (C=O) groups is 4. The number of aromatic nitrogens is 2. The molecule has 0 bridgehead atoms. The first-order chi connectivity index (χ1) is 30.7. The summed E-state index contributed by atoms with van der Waals surface area (Å²) in [5, 5.41) is 8.28. The van der Waals surface area contributed by atoms with E-state index in [-0.39, 0.29) is 97.6 Å². The molecule has 65 heavy (non-hydrogen) atoms. The molecule has 16 nitrogen and oxygen atoms in total. The van der Waals surface area contributed by atoms with E-state index in [0.29, 0.717) is 22.3 Å². The third kappa shape index (κ3) is 9.83. The molecule has 0 saturated carbocycles. The van der Waals surface area contributed by atoms with Gasteiger partial charge >= 0.3 is 0 Å². The van der Waals surface area contributed by atoms with E-state index in [2.05, 4.69) is 31.0 Å². The summed E-state index contributed by atoms with van der Waals surface area (Å²) in [5.41, 5.74) is 6.15. The minimum absolute atomic E-state index is 0. The summed E-state index contributed by atoms with van der Waals surface area (Å²) in [4.78, 5) is 60.7. The van der Waals surface area contributed by atoms with E-state index in [4.69, 9.17) is 0 Å². The SMILES string of the molecule is O=C(C1=CC(=NNc2ccc(/C=C/c3ccc(NN=C4C=C(C(=O)c5ccccc5)c5cccnc5C4=O)cc3S(=O)(=O)O)c(S(=O)(=O)O)c2)C(=O)c2ncccc21)c1ccccc1.[Na]. The van der Waals surface area contributed by atoms with Crippen LogP contribution in [-0.4, -0.2) is 100 Å². The molecule has 6 aromatic rings. The molecule has 0 spiro atoms. The Kier molecular flexibility index (Phi) is 13.3. The number of rotatable bonds is 12. The monoisotopic (exact) mass is 913 g/mol. The molecule has 8 rings (SSSR count). The van der Waals surface area contributed by atoms with E-state index >= 15 is 0 Å². The zero-order chi connectivity index (χ0) is 45.2. The Bertz CT molecular complexity index is 3130. The summed E-state index contributed by atoms with van der Waals surface area (Å²) in [6.07, 6.45) is 7.73. The molecule has 0 fully saturated rings. The Hall–Kier alpha value is -7.16.